The molecule has 1 aromatic carbocycles. The van der Waals surface area contributed by atoms with E-state index in [1.165, 1.54) is 12.8 Å². The molecule has 0 saturated heterocycles. The van der Waals surface area contributed by atoms with Gasteiger partial charge in [0.15, 0.2) is 0 Å². The van der Waals surface area contributed by atoms with Crippen LogP contribution < -0.4 is 5.73 Å². The molecule has 19 heavy (non-hydrogen) atoms. The molecule has 0 spiro atoms. The third-order valence-electron chi connectivity index (χ3n) is 1.31. The molecule has 1 aromatic rings. The first-order valence-electron chi connectivity index (χ1n) is 6.02. The summed E-state index contributed by atoms with van der Waals surface area (Å²) in [5.74, 6) is 0. The zero-order valence-electron chi connectivity index (χ0n) is 11.9. The quantitative estimate of drug-likeness (QED) is 0.355. The number of thiocarbonyl (C=S) groups is 1. The van der Waals surface area contributed by atoms with Gasteiger partial charge < -0.3 is 44.4 Å². The molecule has 4 heteroatoms. The summed E-state index contributed by atoms with van der Waals surface area (Å²) in [5, 5.41) is 0. The van der Waals surface area contributed by atoms with Gasteiger partial charge >= 0.3 is 21.1 Å². The molecule has 0 unspecified atom stereocenters. The molecule has 108 valence electrons. The molecule has 0 radical (unpaired) electrons. The fourth-order valence-electron chi connectivity index (χ4n) is 0.342. The van der Waals surface area contributed by atoms with Crippen molar-refractivity contribution in [3.05, 3.63) is 50.2 Å². The Kier molecular flexibility index (Phi) is 44.4. The van der Waals surface area contributed by atoms with Gasteiger partial charge in [0.1, 0.15) is 0 Å². The average molecular weight is 379 g/mol. The second-order valence-corrected chi connectivity index (χ2v) is 4.24. The molecule has 0 amide bonds. The van der Waals surface area contributed by atoms with Gasteiger partial charge in [-0.25, -0.2) is 0 Å². The van der Waals surface area contributed by atoms with Crippen molar-refractivity contribution in [1.29, 1.82) is 0 Å². The van der Waals surface area contributed by atoms with Crippen LogP contribution in [-0.4, -0.2) is 4.32 Å². The second kappa shape index (κ2) is 30.8. The molecule has 0 atom stereocenters. The Morgan fingerprint density at radius 2 is 1.37 bits per heavy atom. The molecule has 0 aliphatic carbocycles. The van der Waals surface area contributed by atoms with Crippen molar-refractivity contribution in [1.82, 2.24) is 0 Å². The molecular weight excluding hydrogens is 354 g/mol. The summed E-state index contributed by atoms with van der Waals surface area (Å²) in [4.78, 5) is 0. The predicted octanol–water partition coefficient (Wildman–Crippen LogP) is 4.50. The van der Waals surface area contributed by atoms with Crippen molar-refractivity contribution in [3.8, 4) is 0 Å². The number of unbranched alkanes of at least 4 members (excludes halogenated alkanes) is 2. The van der Waals surface area contributed by atoms with Gasteiger partial charge in [0, 0.05) is 0 Å². The number of rotatable bonds is 2. The molecule has 0 aliphatic rings. The van der Waals surface area contributed by atoms with Crippen molar-refractivity contribution in [3.63, 3.8) is 0 Å². The topological polar surface area (TPSA) is 26.0 Å². The fourth-order valence-corrected chi connectivity index (χ4v) is 0.342. The third-order valence-corrected chi connectivity index (χ3v) is 1.31. The predicted molar refractivity (Wildman–Crippen MR) is 90.0 cm³/mol. The minimum atomic E-state index is 0. The van der Waals surface area contributed by atoms with Crippen LogP contribution in [0.25, 0.3) is 0 Å². The van der Waals surface area contributed by atoms with E-state index in [-0.39, 0.29) is 25.4 Å². The molecule has 0 saturated carbocycles. The van der Waals surface area contributed by atoms with Crippen LogP contribution in [0.2, 0.25) is 0 Å². The van der Waals surface area contributed by atoms with Crippen LogP contribution in [0.3, 0.4) is 0 Å². The Morgan fingerprint density at radius 3 is 1.42 bits per heavy atom. The van der Waals surface area contributed by atoms with Gasteiger partial charge in [-0.3, -0.25) is 0 Å². The van der Waals surface area contributed by atoms with Crippen LogP contribution in [0, 0.1) is 19.9 Å². The van der Waals surface area contributed by atoms with Gasteiger partial charge in [-0.05, 0) is 0 Å². The van der Waals surface area contributed by atoms with Gasteiger partial charge in [0.05, 0.1) is 0 Å². The van der Waals surface area contributed by atoms with E-state index in [1.807, 2.05) is 30.3 Å². The van der Waals surface area contributed by atoms with E-state index in [2.05, 4.69) is 64.3 Å². The van der Waals surface area contributed by atoms with Crippen molar-refractivity contribution < 1.29 is 21.1 Å². The van der Waals surface area contributed by atoms with Crippen LogP contribution in [0.4, 0.5) is 0 Å². The smallest absolute Gasteiger partial charge is 0.415 e. The van der Waals surface area contributed by atoms with E-state index in [0.29, 0.717) is 0 Å². The average Bonchev–Trinajstić information content (AvgIpc) is 2.40. The maximum absolute atomic E-state index is 4.66. The summed E-state index contributed by atoms with van der Waals surface area (Å²) in [6, 6.07) is 12.5. The van der Waals surface area contributed by atoms with Crippen molar-refractivity contribution >= 4 is 29.2 Å². The van der Waals surface area contributed by atoms with Gasteiger partial charge in [0.25, 0.3) is 0 Å². The summed E-state index contributed by atoms with van der Waals surface area (Å²) >= 11 is 8.26. The van der Waals surface area contributed by atoms with Crippen LogP contribution >= 0.6 is 12.2 Å². The fraction of sp³-hybridized carbons (Fsp3) is 0.400. The molecular formula is C15H25MoNS2. The van der Waals surface area contributed by atoms with E-state index < -0.39 is 0 Å². The van der Waals surface area contributed by atoms with E-state index in [4.69, 9.17) is 0 Å². The summed E-state index contributed by atoms with van der Waals surface area (Å²) in [7, 11) is 0. The van der Waals surface area contributed by atoms with Crippen LogP contribution in [0.15, 0.2) is 30.3 Å². The normalized spacial score (nSPS) is 6.95. The number of hydrogen-bond acceptors (Lipinski definition) is 2. The van der Waals surface area contributed by atoms with E-state index >= 15 is 0 Å². The van der Waals surface area contributed by atoms with Crippen molar-refractivity contribution in [2.45, 2.75) is 39.5 Å². The third kappa shape index (κ3) is 71.9. The standard InChI is InChI=1S/C6H5.2C4H9.CH3NS2.Mo/c1-2-4-6-5-3-1;2*1-3-4-2;2-1(3)4;/h1-5H;2*1,3-4H2,2H3;(H3,2,3,4);/q3*-1;;+4/p-1. The van der Waals surface area contributed by atoms with Gasteiger partial charge in [-0.1, -0.05) is 31.0 Å². The number of hydrogen-bond donors (Lipinski definition) is 1. The minimum Gasteiger partial charge on any atom is -0.415 e. The van der Waals surface area contributed by atoms with Crippen LogP contribution in [0.1, 0.15) is 39.5 Å². The van der Waals surface area contributed by atoms with Crippen LogP contribution in [-0.2, 0) is 33.7 Å². The minimum absolute atomic E-state index is 0. The summed E-state index contributed by atoms with van der Waals surface area (Å²) < 4.78 is 0.0833. The van der Waals surface area contributed by atoms with Gasteiger partial charge in [-0.15, -0.1) is 0 Å². The zero-order valence-corrected chi connectivity index (χ0v) is 15.6. The number of nitrogens with two attached hydrogens (primary N) is 1. The van der Waals surface area contributed by atoms with E-state index in [0.717, 1.165) is 12.8 Å². The summed E-state index contributed by atoms with van der Waals surface area (Å²) in [6.45, 7) is 11.4. The molecule has 0 fully saturated rings. The molecule has 1 nitrogen and oxygen atoms in total. The second-order valence-electron chi connectivity index (χ2n) is 3.10. The molecule has 0 aromatic heterocycles. The zero-order chi connectivity index (χ0) is 14.6. The van der Waals surface area contributed by atoms with Gasteiger partial charge in [-0.2, -0.15) is 49.2 Å². The maximum atomic E-state index is 4.66. The van der Waals surface area contributed by atoms with Crippen molar-refractivity contribution in [2.75, 3.05) is 0 Å². The van der Waals surface area contributed by atoms with Gasteiger partial charge in [0.2, 0.25) is 0 Å². The van der Waals surface area contributed by atoms with E-state index in [9.17, 15) is 0 Å². The van der Waals surface area contributed by atoms with Crippen molar-refractivity contribution in [2.24, 2.45) is 5.73 Å². The molecule has 1 rings (SSSR count). The SMILES string of the molecule is NC(=S)[S-].[CH2-]CCC.[CH2-]CCC.[Mo+4].[c-]1ccccc1. The Labute approximate surface area is 145 Å². The molecule has 0 bridgehead atoms. The summed E-state index contributed by atoms with van der Waals surface area (Å²) in [6.07, 6.45) is 4.56. The van der Waals surface area contributed by atoms with Crippen LogP contribution in [0.5, 0.6) is 0 Å². The van der Waals surface area contributed by atoms with E-state index in [1.54, 1.807) is 0 Å². The summed E-state index contributed by atoms with van der Waals surface area (Å²) in [5.41, 5.74) is 4.66. The number of benzene rings is 1. The largest absolute Gasteiger partial charge is 4.00 e. The first-order valence-corrected chi connectivity index (χ1v) is 6.84. The molecule has 2 N–H and O–H groups in total. The molecule has 0 aliphatic heterocycles. The first kappa shape index (κ1) is 27.4. The maximum Gasteiger partial charge on any atom is 4.00 e. The molecule has 0 heterocycles. The Balaban J connectivity index is -0.0000000796. The Bertz CT molecular complexity index is 192. The Hall–Kier alpha value is 0.0183. The Morgan fingerprint density at radius 1 is 1.11 bits per heavy atom. The monoisotopic (exact) mass is 381 g/mol. The first-order chi connectivity index (χ1) is 8.56.